The standard InChI is InChI=1S/C12H12O2S/c13-8-11-6-7-12(15-11)14-9-10-4-2-1-3-5-10/h1-7,13H,8-9H2. The van der Waals surface area contributed by atoms with Gasteiger partial charge in [-0.3, -0.25) is 0 Å². The van der Waals surface area contributed by atoms with Gasteiger partial charge in [0, 0.05) is 4.88 Å². The molecule has 0 atom stereocenters. The molecule has 2 nitrogen and oxygen atoms in total. The third-order valence-electron chi connectivity index (χ3n) is 2.02. The van der Waals surface area contributed by atoms with Gasteiger partial charge < -0.3 is 9.84 Å². The molecule has 0 aliphatic carbocycles. The Kier molecular flexibility index (Phi) is 3.37. The van der Waals surface area contributed by atoms with Crippen LogP contribution in [-0.2, 0) is 13.2 Å². The van der Waals surface area contributed by atoms with Crippen LogP contribution in [-0.4, -0.2) is 5.11 Å². The summed E-state index contributed by atoms with van der Waals surface area (Å²) < 4.78 is 5.58. The van der Waals surface area contributed by atoms with E-state index in [4.69, 9.17) is 9.84 Å². The molecule has 0 aliphatic rings. The Balaban J connectivity index is 1.93. The average molecular weight is 220 g/mol. The number of aliphatic hydroxyl groups excluding tert-OH is 1. The Morgan fingerprint density at radius 3 is 2.53 bits per heavy atom. The summed E-state index contributed by atoms with van der Waals surface area (Å²) in [5.41, 5.74) is 1.15. The van der Waals surface area contributed by atoms with Gasteiger partial charge in [0.15, 0.2) is 5.06 Å². The number of aliphatic hydroxyl groups is 1. The van der Waals surface area contributed by atoms with Crippen LogP contribution in [0, 0.1) is 0 Å². The second-order valence-corrected chi connectivity index (χ2v) is 4.28. The summed E-state index contributed by atoms with van der Waals surface area (Å²) >= 11 is 1.48. The molecule has 15 heavy (non-hydrogen) atoms. The van der Waals surface area contributed by atoms with Gasteiger partial charge >= 0.3 is 0 Å². The molecule has 1 heterocycles. The maximum atomic E-state index is 8.89. The third-order valence-corrected chi connectivity index (χ3v) is 3.00. The van der Waals surface area contributed by atoms with Crippen molar-refractivity contribution in [2.45, 2.75) is 13.2 Å². The number of rotatable bonds is 4. The Labute approximate surface area is 92.8 Å². The number of benzene rings is 1. The number of ether oxygens (including phenoxy) is 1. The molecule has 0 amide bonds. The first kappa shape index (κ1) is 10.2. The molecule has 0 unspecified atom stereocenters. The van der Waals surface area contributed by atoms with Crippen LogP contribution in [0.3, 0.4) is 0 Å². The van der Waals surface area contributed by atoms with Crippen molar-refractivity contribution in [2.75, 3.05) is 0 Å². The van der Waals surface area contributed by atoms with Crippen molar-refractivity contribution in [3.8, 4) is 5.06 Å². The molecule has 0 bridgehead atoms. The van der Waals surface area contributed by atoms with E-state index in [2.05, 4.69) is 0 Å². The third kappa shape index (κ3) is 2.81. The molecule has 0 fully saturated rings. The maximum Gasteiger partial charge on any atom is 0.174 e. The highest BCUT2D eigenvalue weighted by atomic mass is 32.1. The van der Waals surface area contributed by atoms with Crippen LogP contribution in [0.25, 0.3) is 0 Å². The van der Waals surface area contributed by atoms with E-state index in [1.54, 1.807) is 0 Å². The predicted molar refractivity (Wildman–Crippen MR) is 61.0 cm³/mol. The fourth-order valence-electron chi connectivity index (χ4n) is 1.25. The zero-order valence-electron chi connectivity index (χ0n) is 8.22. The summed E-state index contributed by atoms with van der Waals surface area (Å²) in [6, 6.07) is 13.8. The van der Waals surface area contributed by atoms with E-state index in [0.717, 1.165) is 15.5 Å². The minimum Gasteiger partial charge on any atom is -0.479 e. The van der Waals surface area contributed by atoms with Gasteiger partial charge in [-0.15, -0.1) is 11.3 Å². The molecule has 0 saturated carbocycles. The highest BCUT2D eigenvalue weighted by molar-refractivity contribution is 7.13. The molecule has 1 aromatic carbocycles. The van der Waals surface area contributed by atoms with Gasteiger partial charge in [-0.2, -0.15) is 0 Å². The lowest BCUT2D eigenvalue weighted by molar-refractivity contribution is 0.285. The summed E-state index contributed by atoms with van der Waals surface area (Å²) in [7, 11) is 0. The van der Waals surface area contributed by atoms with E-state index in [-0.39, 0.29) is 6.61 Å². The lowest BCUT2D eigenvalue weighted by atomic mass is 10.2. The highest BCUT2D eigenvalue weighted by Gasteiger charge is 1.99. The molecular formula is C12H12O2S. The molecule has 1 N–H and O–H groups in total. The van der Waals surface area contributed by atoms with Crippen LogP contribution < -0.4 is 4.74 Å². The molecule has 3 heteroatoms. The first-order valence-corrected chi connectivity index (χ1v) is 5.56. The van der Waals surface area contributed by atoms with Gasteiger partial charge in [0.05, 0.1) is 6.61 Å². The van der Waals surface area contributed by atoms with Crippen LogP contribution in [0.1, 0.15) is 10.4 Å². The zero-order valence-corrected chi connectivity index (χ0v) is 9.04. The summed E-state index contributed by atoms with van der Waals surface area (Å²) in [6.45, 7) is 0.658. The second kappa shape index (κ2) is 4.96. The molecule has 2 aromatic rings. The van der Waals surface area contributed by atoms with Crippen molar-refractivity contribution in [3.63, 3.8) is 0 Å². The Morgan fingerprint density at radius 2 is 1.87 bits per heavy atom. The van der Waals surface area contributed by atoms with Gasteiger partial charge in [-0.25, -0.2) is 0 Å². The smallest absolute Gasteiger partial charge is 0.174 e. The van der Waals surface area contributed by atoms with Crippen LogP contribution in [0.15, 0.2) is 42.5 Å². The minimum absolute atomic E-state index is 0.0827. The highest BCUT2D eigenvalue weighted by Crippen LogP contribution is 2.25. The lowest BCUT2D eigenvalue weighted by Crippen LogP contribution is -1.92. The van der Waals surface area contributed by atoms with Crippen LogP contribution in [0.5, 0.6) is 5.06 Å². The summed E-state index contributed by atoms with van der Waals surface area (Å²) in [5.74, 6) is 0. The molecule has 2 rings (SSSR count). The van der Waals surface area contributed by atoms with E-state index in [1.165, 1.54) is 11.3 Å². The molecule has 0 spiro atoms. The van der Waals surface area contributed by atoms with E-state index < -0.39 is 0 Å². The minimum atomic E-state index is 0.0827. The predicted octanol–water partition coefficient (Wildman–Crippen LogP) is 2.82. The van der Waals surface area contributed by atoms with Crippen molar-refractivity contribution < 1.29 is 9.84 Å². The number of hydrogen-bond donors (Lipinski definition) is 1. The topological polar surface area (TPSA) is 29.5 Å². The van der Waals surface area contributed by atoms with Gasteiger partial charge in [0.1, 0.15) is 6.61 Å². The monoisotopic (exact) mass is 220 g/mol. The SMILES string of the molecule is OCc1ccc(OCc2ccccc2)s1. The quantitative estimate of drug-likeness (QED) is 0.858. The average Bonchev–Trinajstić information content (AvgIpc) is 2.76. The maximum absolute atomic E-state index is 8.89. The van der Waals surface area contributed by atoms with Gasteiger partial charge in [-0.1, -0.05) is 30.3 Å². The fourth-order valence-corrected chi connectivity index (χ4v) is 1.96. The Hall–Kier alpha value is -1.32. The van der Waals surface area contributed by atoms with Crippen LogP contribution in [0.4, 0.5) is 0 Å². The first-order valence-electron chi connectivity index (χ1n) is 4.75. The van der Waals surface area contributed by atoms with Crippen molar-refractivity contribution in [1.29, 1.82) is 0 Å². The summed E-state index contributed by atoms with van der Waals surface area (Å²) in [5, 5.41) is 9.74. The zero-order chi connectivity index (χ0) is 10.5. The van der Waals surface area contributed by atoms with Crippen molar-refractivity contribution >= 4 is 11.3 Å². The molecule has 1 aromatic heterocycles. The lowest BCUT2D eigenvalue weighted by Gasteiger charge is -2.02. The van der Waals surface area contributed by atoms with E-state index in [1.807, 2.05) is 42.5 Å². The fraction of sp³-hybridized carbons (Fsp3) is 0.167. The number of thiophene rings is 1. The Bertz CT molecular complexity index is 409. The van der Waals surface area contributed by atoms with Crippen molar-refractivity contribution in [3.05, 3.63) is 52.9 Å². The van der Waals surface area contributed by atoms with Crippen molar-refractivity contribution in [2.24, 2.45) is 0 Å². The van der Waals surface area contributed by atoms with Crippen LogP contribution in [0.2, 0.25) is 0 Å². The molecule has 0 saturated heterocycles. The van der Waals surface area contributed by atoms with Crippen molar-refractivity contribution in [1.82, 2.24) is 0 Å². The summed E-state index contributed by atoms with van der Waals surface area (Å²) in [4.78, 5) is 0.929. The number of hydrogen-bond acceptors (Lipinski definition) is 3. The molecular weight excluding hydrogens is 208 g/mol. The van der Waals surface area contributed by atoms with E-state index in [0.29, 0.717) is 6.61 Å². The first-order chi connectivity index (χ1) is 7.38. The second-order valence-electron chi connectivity index (χ2n) is 3.15. The summed E-state index contributed by atoms with van der Waals surface area (Å²) in [6.07, 6.45) is 0. The van der Waals surface area contributed by atoms with E-state index in [9.17, 15) is 0 Å². The van der Waals surface area contributed by atoms with E-state index >= 15 is 0 Å². The Morgan fingerprint density at radius 1 is 1.07 bits per heavy atom. The van der Waals surface area contributed by atoms with Crippen LogP contribution >= 0.6 is 11.3 Å². The van der Waals surface area contributed by atoms with Gasteiger partial charge in [-0.05, 0) is 17.7 Å². The molecule has 78 valence electrons. The normalized spacial score (nSPS) is 10.2. The molecule has 0 aliphatic heterocycles. The van der Waals surface area contributed by atoms with Gasteiger partial charge in [0.2, 0.25) is 0 Å². The van der Waals surface area contributed by atoms with Gasteiger partial charge in [0.25, 0.3) is 0 Å². The largest absolute Gasteiger partial charge is 0.479 e. The molecule has 0 radical (unpaired) electrons.